The van der Waals surface area contributed by atoms with Gasteiger partial charge in [-0.2, -0.15) is 10.4 Å². The standard InChI is InChI=1S/C9H10BN5O2/c1-12-3-8(2-11)4-13-7-15-6-9(5-14-15)10(16)17/h3-6,16-17H,1,7H2/b8-3-,13-4?. The maximum absolute atomic E-state index is 8.85. The zero-order chi connectivity index (χ0) is 12.7. The van der Waals surface area contributed by atoms with Crippen molar-refractivity contribution in [3.8, 4) is 6.07 Å². The average molecular weight is 231 g/mol. The maximum Gasteiger partial charge on any atom is 0.491 e. The minimum atomic E-state index is -1.55. The molecule has 0 aliphatic carbocycles. The van der Waals surface area contributed by atoms with Crippen molar-refractivity contribution < 1.29 is 10.0 Å². The number of aromatic nitrogens is 2. The van der Waals surface area contributed by atoms with Crippen molar-refractivity contribution in [2.45, 2.75) is 6.67 Å². The Balaban J connectivity index is 2.61. The van der Waals surface area contributed by atoms with Crippen LogP contribution in [0.4, 0.5) is 0 Å². The molecule has 1 aromatic heterocycles. The third-order valence-corrected chi connectivity index (χ3v) is 1.77. The number of hydrogen-bond donors (Lipinski definition) is 2. The summed E-state index contributed by atoms with van der Waals surface area (Å²) in [4.78, 5) is 7.38. The lowest BCUT2D eigenvalue weighted by Crippen LogP contribution is -2.28. The summed E-state index contributed by atoms with van der Waals surface area (Å²) in [7, 11) is -1.55. The van der Waals surface area contributed by atoms with Crippen LogP contribution < -0.4 is 5.46 Å². The van der Waals surface area contributed by atoms with Gasteiger partial charge in [0.15, 0.2) is 0 Å². The van der Waals surface area contributed by atoms with Gasteiger partial charge < -0.3 is 10.0 Å². The third-order valence-electron chi connectivity index (χ3n) is 1.77. The number of hydrogen-bond acceptors (Lipinski definition) is 6. The summed E-state index contributed by atoms with van der Waals surface area (Å²) < 4.78 is 1.40. The Morgan fingerprint density at radius 3 is 3.00 bits per heavy atom. The second-order valence-electron chi connectivity index (χ2n) is 3.02. The van der Waals surface area contributed by atoms with Crippen LogP contribution in [0.2, 0.25) is 0 Å². The third kappa shape index (κ3) is 4.02. The van der Waals surface area contributed by atoms with E-state index in [1.54, 1.807) is 0 Å². The van der Waals surface area contributed by atoms with Crippen molar-refractivity contribution in [2.75, 3.05) is 0 Å². The number of nitriles is 1. The van der Waals surface area contributed by atoms with E-state index < -0.39 is 7.12 Å². The van der Waals surface area contributed by atoms with Crippen LogP contribution in [-0.2, 0) is 6.67 Å². The summed E-state index contributed by atoms with van der Waals surface area (Å²) in [5, 5.41) is 30.2. The van der Waals surface area contributed by atoms with E-state index in [1.807, 2.05) is 6.07 Å². The number of aliphatic imine (C=N–C) groups is 2. The van der Waals surface area contributed by atoms with E-state index in [0.717, 1.165) is 0 Å². The molecule has 0 bridgehead atoms. The molecule has 17 heavy (non-hydrogen) atoms. The first-order valence-corrected chi connectivity index (χ1v) is 4.61. The summed E-state index contributed by atoms with van der Waals surface area (Å²) in [5.41, 5.74) is 0.554. The first kappa shape index (κ1) is 12.8. The smallest absolute Gasteiger partial charge is 0.423 e. The summed E-state index contributed by atoms with van der Waals surface area (Å²) in [6, 6.07) is 1.88. The molecule has 0 saturated carbocycles. The Labute approximate surface area is 98.2 Å². The Hall–Kier alpha value is -2.24. The zero-order valence-corrected chi connectivity index (χ0v) is 8.93. The van der Waals surface area contributed by atoms with Gasteiger partial charge in [0.2, 0.25) is 0 Å². The minimum absolute atomic E-state index is 0.170. The fourth-order valence-corrected chi connectivity index (χ4v) is 1.00. The predicted octanol–water partition coefficient (Wildman–Crippen LogP) is -1.30. The molecule has 7 nitrogen and oxygen atoms in total. The first-order chi connectivity index (χ1) is 8.17. The molecule has 0 aromatic carbocycles. The highest BCUT2D eigenvalue weighted by Crippen LogP contribution is 1.90. The molecular formula is C9H10BN5O2. The Bertz CT molecular complexity index is 486. The highest BCUT2D eigenvalue weighted by atomic mass is 16.4. The highest BCUT2D eigenvalue weighted by molar-refractivity contribution is 6.58. The lowest BCUT2D eigenvalue weighted by molar-refractivity contribution is 0.425. The van der Waals surface area contributed by atoms with Crippen LogP contribution in [0, 0.1) is 11.3 Å². The predicted molar refractivity (Wildman–Crippen MR) is 63.8 cm³/mol. The van der Waals surface area contributed by atoms with Gasteiger partial charge in [0.25, 0.3) is 0 Å². The summed E-state index contributed by atoms with van der Waals surface area (Å²) in [5.74, 6) is 0. The van der Waals surface area contributed by atoms with E-state index in [9.17, 15) is 0 Å². The van der Waals surface area contributed by atoms with Crippen molar-refractivity contribution in [1.82, 2.24) is 9.78 Å². The fourth-order valence-electron chi connectivity index (χ4n) is 1.00. The van der Waals surface area contributed by atoms with Crippen LogP contribution in [0.1, 0.15) is 0 Å². The van der Waals surface area contributed by atoms with Gasteiger partial charge in [0, 0.05) is 30.3 Å². The van der Waals surface area contributed by atoms with Crippen molar-refractivity contribution in [1.29, 1.82) is 5.26 Å². The van der Waals surface area contributed by atoms with Crippen LogP contribution in [0.15, 0.2) is 34.2 Å². The van der Waals surface area contributed by atoms with Crippen molar-refractivity contribution in [3.05, 3.63) is 24.2 Å². The molecule has 0 saturated heterocycles. The Morgan fingerprint density at radius 2 is 2.47 bits per heavy atom. The normalized spacial score (nSPS) is 11.5. The van der Waals surface area contributed by atoms with Crippen LogP contribution >= 0.6 is 0 Å². The van der Waals surface area contributed by atoms with Gasteiger partial charge >= 0.3 is 7.12 Å². The number of nitrogens with zero attached hydrogens (tertiary/aromatic N) is 5. The van der Waals surface area contributed by atoms with Crippen molar-refractivity contribution >= 4 is 25.5 Å². The van der Waals surface area contributed by atoms with E-state index in [0.29, 0.717) is 0 Å². The molecule has 1 rings (SSSR count). The summed E-state index contributed by atoms with van der Waals surface area (Å²) >= 11 is 0. The molecule has 0 unspecified atom stereocenters. The van der Waals surface area contributed by atoms with E-state index in [1.165, 1.54) is 29.5 Å². The molecule has 0 radical (unpaired) electrons. The molecule has 0 spiro atoms. The monoisotopic (exact) mass is 231 g/mol. The molecular weight excluding hydrogens is 221 g/mol. The van der Waals surface area contributed by atoms with Crippen LogP contribution in [0.25, 0.3) is 0 Å². The van der Waals surface area contributed by atoms with Gasteiger partial charge in [-0.15, -0.1) is 0 Å². The summed E-state index contributed by atoms with van der Waals surface area (Å²) in [6.45, 7) is 3.39. The van der Waals surface area contributed by atoms with Gasteiger partial charge in [-0.25, -0.2) is 0 Å². The molecule has 0 atom stereocenters. The Morgan fingerprint density at radius 1 is 1.71 bits per heavy atom. The first-order valence-electron chi connectivity index (χ1n) is 4.61. The zero-order valence-electron chi connectivity index (χ0n) is 8.93. The van der Waals surface area contributed by atoms with Crippen molar-refractivity contribution in [2.24, 2.45) is 9.98 Å². The molecule has 2 N–H and O–H groups in total. The van der Waals surface area contributed by atoms with Crippen LogP contribution in [-0.4, -0.2) is 39.9 Å². The van der Waals surface area contributed by atoms with E-state index in [4.69, 9.17) is 15.3 Å². The molecule has 0 aliphatic heterocycles. The van der Waals surface area contributed by atoms with E-state index in [-0.39, 0.29) is 17.7 Å². The summed E-state index contributed by atoms with van der Waals surface area (Å²) in [6.07, 6.45) is 5.40. The van der Waals surface area contributed by atoms with Crippen LogP contribution in [0.5, 0.6) is 0 Å². The van der Waals surface area contributed by atoms with Gasteiger partial charge in [-0.3, -0.25) is 14.7 Å². The largest absolute Gasteiger partial charge is 0.491 e. The minimum Gasteiger partial charge on any atom is -0.423 e. The fraction of sp³-hybridized carbons (Fsp3) is 0.111. The molecule has 8 heteroatoms. The Kier molecular flexibility index (Phi) is 4.81. The van der Waals surface area contributed by atoms with E-state index in [2.05, 4.69) is 21.8 Å². The van der Waals surface area contributed by atoms with Gasteiger partial charge in [-0.05, 0) is 6.72 Å². The quantitative estimate of drug-likeness (QED) is 0.373. The van der Waals surface area contributed by atoms with Crippen molar-refractivity contribution in [3.63, 3.8) is 0 Å². The molecule has 0 aliphatic rings. The van der Waals surface area contributed by atoms with E-state index >= 15 is 0 Å². The molecule has 1 heterocycles. The topological polar surface area (TPSA) is 107 Å². The molecule has 86 valence electrons. The lowest BCUT2D eigenvalue weighted by Gasteiger charge is -1.94. The maximum atomic E-state index is 8.85. The average Bonchev–Trinajstić information content (AvgIpc) is 2.77. The number of allylic oxidation sites excluding steroid dienone is 1. The molecule has 1 aromatic rings. The second kappa shape index (κ2) is 6.37. The molecule has 0 amide bonds. The lowest BCUT2D eigenvalue weighted by atomic mass is 9.83. The van der Waals surface area contributed by atoms with Gasteiger partial charge in [0.05, 0.1) is 5.57 Å². The second-order valence-corrected chi connectivity index (χ2v) is 3.02. The SMILES string of the molecule is C=N/C=C(/C#N)C=NCn1cc(B(O)O)cn1. The number of rotatable bonds is 5. The molecule has 0 fully saturated rings. The van der Waals surface area contributed by atoms with Gasteiger partial charge in [-0.1, -0.05) is 0 Å². The van der Waals surface area contributed by atoms with Crippen LogP contribution in [0.3, 0.4) is 0 Å². The van der Waals surface area contributed by atoms with Gasteiger partial charge in [0.1, 0.15) is 12.7 Å². The highest BCUT2D eigenvalue weighted by Gasteiger charge is 2.12.